The van der Waals surface area contributed by atoms with Crippen LogP contribution in [-0.4, -0.2) is 44.2 Å². The molecule has 0 aliphatic carbocycles. The maximum absolute atomic E-state index is 12.0. The van der Waals surface area contributed by atoms with Gasteiger partial charge < -0.3 is 4.74 Å². The van der Waals surface area contributed by atoms with Crippen molar-refractivity contribution in [2.24, 2.45) is 0 Å². The smallest absolute Gasteiger partial charge is 0.323 e. The Morgan fingerprint density at radius 2 is 1.91 bits per heavy atom. The van der Waals surface area contributed by atoms with E-state index in [1.54, 1.807) is 49.9 Å². The summed E-state index contributed by atoms with van der Waals surface area (Å²) in [6.45, 7) is 5.89. The second kappa shape index (κ2) is 6.98. The van der Waals surface area contributed by atoms with E-state index in [9.17, 15) is 13.2 Å². The number of carbonyl (C=O) groups is 1. The van der Waals surface area contributed by atoms with Crippen LogP contribution in [-0.2, 0) is 29.6 Å². The molecule has 0 aromatic heterocycles. The molecule has 0 saturated carbocycles. The number of hydrogen-bond donors (Lipinski definition) is 0. The lowest BCUT2D eigenvalue weighted by Crippen LogP contribution is -2.54. The van der Waals surface area contributed by atoms with E-state index in [2.05, 4.69) is 0 Å². The average Bonchev–Trinajstić information content (AvgIpc) is 2.35. The topological polar surface area (TPSA) is 72.9 Å². The summed E-state index contributed by atoms with van der Waals surface area (Å²) >= 11 is 0. The number of rotatable bonds is 6. The minimum Gasteiger partial charge on any atom is -0.459 e. The molecule has 0 radical (unpaired) electrons. The van der Waals surface area contributed by atoms with E-state index >= 15 is 0 Å². The lowest BCUT2D eigenvalue weighted by Gasteiger charge is -2.39. The number of carbonyl (C=O) groups excluding carboxylic acids is 1. The molecule has 0 unspecified atom stereocenters. The van der Waals surface area contributed by atoms with Crippen LogP contribution < -0.4 is 0 Å². The summed E-state index contributed by atoms with van der Waals surface area (Å²) in [5, 5.41) is 0. The highest BCUT2D eigenvalue weighted by Gasteiger charge is 2.37. The Hall–Kier alpha value is -1.44. The maximum atomic E-state index is 12.0. The van der Waals surface area contributed by atoms with E-state index in [0.717, 1.165) is 0 Å². The molecule has 1 saturated heterocycles. The van der Waals surface area contributed by atoms with Gasteiger partial charge in [-0.3, -0.25) is 13.9 Å². The molecule has 0 bridgehead atoms. The van der Waals surface area contributed by atoms with Gasteiger partial charge in [0.25, 0.3) is 10.1 Å². The highest BCUT2D eigenvalue weighted by Crippen LogP contribution is 2.22. The summed E-state index contributed by atoms with van der Waals surface area (Å²) in [6, 6.07) is 8.41. The van der Waals surface area contributed by atoms with Gasteiger partial charge in [-0.05, 0) is 32.8 Å². The third-order valence-corrected chi connectivity index (χ3v) is 4.55. The van der Waals surface area contributed by atoms with Crippen LogP contribution in [0.5, 0.6) is 0 Å². The van der Waals surface area contributed by atoms with Crippen molar-refractivity contribution < 1.29 is 22.1 Å². The lowest BCUT2D eigenvalue weighted by molar-refractivity contribution is -0.168. The molecule has 2 rings (SSSR count). The molecular formula is C16H23NO5S. The van der Waals surface area contributed by atoms with Crippen molar-refractivity contribution in [3.8, 4) is 0 Å². The first kappa shape index (κ1) is 17.9. The minimum absolute atomic E-state index is 0.126. The molecular weight excluding hydrogens is 318 g/mol. The molecule has 1 aromatic rings. The number of nitrogens with zero attached hydrogens (tertiary/aromatic N) is 1. The zero-order valence-electron chi connectivity index (χ0n) is 13.7. The number of likely N-dealkylation sites (tertiary alicyclic amines) is 1. The first-order valence-corrected chi connectivity index (χ1v) is 9.12. The van der Waals surface area contributed by atoms with Crippen LogP contribution in [0.25, 0.3) is 0 Å². The Balaban J connectivity index is 1.84. The predicted octanol–water partition coefficient (Wildman–Crippen LogP) is 1.91. The second-order valence-corrected chi connectivity index (χ2v) is 8.22. The molecule has 6 nitrogen and oxygen atoms in total. The lowest BCUT2D eigenvalue weighted by atomic mass is 10.0. The van der Waals surface area contributed by atoms with Gasteiger partial charge >= 0.3 is 5.97 Å². The minimum atomic E-state index is -3.68. The van der Waals surface area contributed by atoms with Gasteiger partial charge in [0.2, 0.25) is 0 Å². The van der Waals surface area contributed by atoms with E-state index in [1.807, 2.05) is 6.07 Å². The van der Waals surface area contributed by atoms with Gasteiger partial charge in [0.1, 0.15) is 24.1 Å². The van der Waals surface area contributed by atoms with Crippen LogP contribution in [0.3, 0.4) is 0 Å². The van der Waals surface area contributed by atoms with E-state index in [0.29, 0.717) is 18.5 Å². The van der Waals surface area contributed by atoms with Gasteiger partial charge in [-0.15, -0.1) is 0 Å². The third kappa shape index (κ3) is 5.60. The molecule has 1 fully saturated rings. The molecule has 128 valence electrons. The molecule has 1 atom stereocenters. The monoisotopic (exact) mass is 341 g/mol. The van der Waals surface area contributed by atoms with Gasteiger partial charge in [0, 0.05) is 6.54 Å². The van der Waals surface area contributed by atoms with Gasteiger partial charge in [0.05, 0.1) is 0 Å². The Morgan fingerprint density at radius 1 is 1.26 bits per heavy atom. The summed E-state index contributed by atoms with van der Waals surface area (Å²) in [7, 11) is -3.68. The molecule has 1 aliphatic heterocycles. The second-order valence-electron chi connectivity index (χ2n) is 6.58. The Morgan fingerprint density at radius 3 is 2.43 bits per heavy atom. The van der Waals surface area contributed by atoms with Gasteiger partial charge in [-0.1, -0.05) is 30.3 Å². The summed E-state index contributed by atoms with van der Waals surface area (Å²) in [4.78, 5) is 13.7. The van der Waals surface area contributed by atoms with E-state index < -0.39 is 21.8 Å². The highest BCUT2D eigenvalue weighted by atomic mass is 32.2. The molecule has 1 heterocycles. The van der Waals surface area contributed by atoms with Crippen molar-refractivity contribution in [2.75, 3.05) is 13.3 Å². The standard InChI is InChI=1S/C16H23NO5S/c1-16(2,3)22-15(18)14-9-10-17(14)12-21-23(19,20)11-13-7-5-4-6-8-13/h4-8,14H,9-12H2,1-3H3/t14-/m0/s1. The van der Waals surface area contributed by atoms with Crippen LogP contribution in [0, 0.1) is 0 Å². The number of ether oxygens (including phenoxy) is 1. The van der Waals surface area contributed by atoms with Gasteiger partial charge in [-0.25, -0.2) is 0 Å². The molecule has 7 heteroatoms. The highest BCUT2D eigenvalue weighted by molar-refractivity contribution is 7.85. The van der Waals surface area contributed by atoms with Crippen LogP contribution in [0.1, 0.15) is 32.8 Å². The summed E-state index contributed by atoms with van der Waals surface area (Å²) in [5.74, 6) is -0.522. The van der Waals surface area contributed by atoms with Crippen molar-refractivity contribution in [1.82, 2.24) is 4.90 Å². The third-order valence-electron chi connectivity index (χ3n) is 3.39. The van der Waals surface area contributed by atoms with Crippen molar-refractivity contribution in [1.29, 1.82) is 0 Å². The molecule has 1 aliphatic rings. The van der Waals surface area contributed by atoms with Crippen molar-refractivity contribution in [2.45, 2.75) is 44.6 Å². The Kier molecular flexibility index (Phi) is 5.44. The SMILES string of the molecule is CC(C)(C)OC(=O)[C@@H]1CCN1COS(=O)(=O)Cc1ccccc1. The van der Waals surface area contributed by atoms with Crippen molar-refractivity contribution in [3.63, 3.8) is 0 Å². The maximum Gasteiger partial charge on any atom is 0.323 e. The van der Waals surface area contributed by atoms with Crippen LogP contribution >= 0.6 is 0 Å². The van der Waals surface area contributed by atoms with Crippen LogP contribution in [0.15, 0.2) is 30.3 Å². The zero-order chi connectivity index (χ0) is 17.1. The summed E-state index contributed by atoms with van der Waals surface area (Å²) < 4.78 is 34.3. The van der Waals surface area contributed by atoms with Crippen molar-refractivity contribution in [3.05, 3.63) is 35.9 Å². The zero-order valence-corrected chi connectivity index (χ0v) is 14.5. The van der Waals surface area contributed by atoms with E-state index in [-0.39, 0.29) is 18.5 Å². The number of benzene rings is 1. The van der Waals surface area contributed by atoms with Gasteiger partial charge in [-0.2, -0.15) is 8.42 Å². The van der Waals surface area contributed by atoms with Crippen LogP contribution in [0.2, 0.25) is 0 Å². The van der Waals surface area contributed by atoms with Gasteiger partial charge in [0.15, 0.2) is 0 Å². The largest absolute Gasteiger partial charge is 0.459 e. The molecule has 1 aromatic carbocycles. The summed E-state index contributed by atoms with van der Waals surface area (Å²) in [5.41, 5.74) is 0.110. The van der Waals surface area contributed by atoms with E-state index in [1.165, 1.54) is 0 Å². The Labute approximate surface area is 137 Å². The average molecular weight is 341 g/mol. The number of hydrogen-bond acceptors (Lipinski definition) is 6. The van der Waals surface area contributed by atoms with Crippen molar-refractivity contribution >= 4 is 16.1 Å². The van der Waals surface area contributed by atoms with Crippen LogP contribution in [0.4, 0.5) is 0 Å². The van der Waals surface area contributed by atoms with E-state index in [4.69, 9.17) is 8.92 Å². The fourth-order valence-electron chi connectivity index (χ4n) is 2.20. The fourth-order valence-corrected chi connectivity index (χ4v) is 3.18. The first-order chi connectivity index (χ1) is 10.7. The first-order valence-electron chi connectivity index (χ1n) is 7.54. The number of esters is 1. The quantitative estimate of drug-likeness (QED) is 0.581. The Bertz CT molecular complexity index is 636. The summed E-state index contributed by atoms with van der Waals surface area (Å²) in [6.07, 6.45) is 0.650. The normalized spacial score (nSPS) is 19.2. The molecule has 0 N–H and O–H groups in total. The fraction of sp³-hybridized carbons (Fsp3) is 0.562. The molecule has 23 heavy (non-hydrogen) atoms. The molecule has 0 spiro atoms. The predicted molar refractivity (Wildman–Crippen MR) is 86.0 cm³/mol. The molecule has 0 amide bonds.